The Morgan fingerprint density at radius 1 is 1.40 bits per heavy atom. The summed E-state index contributed by atoms with van der Waals surface area (Å²) < 4.78 is 0. The number of quaternary nitrogens is 1. The second kappa shape index (κ2) is 4.61. The molecule has 2 N–H and O–H groups in total. The van der Waals surface area contributed by atoms with Crippen molar-refractivity contribution in [3.8, 4) is 0 Å². The van der Waals surface area contributed by atoms with E-state index in [0.717, 1.165) is 0 Å². The molecule has 1 aliphatic heterocycles. The molecule has 0 saturated carbocycles. The van der Waals surface area contributed by atoms with Crippen molar-refractivity contribution >= 4 is 11.9 Å². The van der Waals surface area contributed by atoms with Crippen LogP contribution in [0, 0.1) is 17.8 Å². The van der Waals surface area contributed by atoms with Crippen LogP contribution in [0.15, 0.2) is 0 Å². The van der Waals surface area contributed by atoms with Crippen LogP contribution >= 0.6 is 0 Å². The van der Waals surface area contributed by atoms with Crippen molar-refractivity contribution in [2.24, 2.45) is 17.8 Å². The van der Waals surface area contributed by atoms with Gasteiger partial charge in [-0.2, -0.15) is 0 Å². The first-order valence-corrected chi connectivity index (χ1v) is 5.17. The number of carbonyl (C=O) groups excluding carboxylic acids is 2. The van der Waals surface area contributed by atoms with Gasteiger partial charge >= 0.3 is 0 Å². The zero-order valence-corrected chi connectivity index (χ0v) is 8.93. The normalized spacial score (nSPS) is 30.7. The second-order valence-corrected chi connectivity index (χ2v) is 4.46. The van der Waals surface area contributed by atoms with E-state index >= 15 is 0 Å². The Balaban J connectivity index is 2.77. The van der Waals surface area contributed by atoms with E-state index < -0.39 is 18.0 Å². The third-order valence-corrected chi connectivity index (χ3v) is 3.20. The fourth-order valence-corrected chi connectivity index (χ4v) is 2.43. The molecule has 0 aromatic heterocycles. The number of nitrogens with two attached hydrogens (primary N) is 1. The molecule has 0 aromatic carbocycles. The molecule has 1 aliphatic rings. The van der Waals surface area contributed by atoms with Gasteiger partial charge in [0.2, 0.25) is 0 Å². The van der Waals surface area contributed by atoms with Crippen LogP contribution in [0.2, 0.25) is 0 Å². The van der Waals surface area contributed by atoms with Gasteiger partial charge in [-0.05, 0) is 12.3 Å². The van der Waals surface area contributed by atoms with Crippen LogP contribution in [0.25, 0.3) is 0 Å². The summed E-state index contributed by atoms with van der Waals surface area (Å²) in [4.78, 5) is 21.4. The van der Waals surface area contributed by atoms with E-state index in [2.05, 4.69) is 0 Å². The van der Waals surface area contributed by atoms with Crippen molar-refractivity contribution in [3.63, 3.8) is 0 Å². The molecule has 15 heavy (non-hydrogen) atoms. The highest BCUT2D eigenvalue weighted by molar-refractivity contribution is 5.72. The number of aliphatic carboxylic acids is 2. The fraction of sp³-hybridized carbons (Fsp3) is 0.800. The van der Waals surface area contributed by atoms with Crippen molar-refractivity contribution < 1.29 is 25.1 Å². The summed E-state index contributed by atoms with van der Waals surface area (Å²) in [5.41, 5.74) is 0. The Labute approximate surface area is 88.5 Å². The highest BCUT2D eigenvalue weighted by Gasteiger charge is 2.41. The van der Waals surface area contributed by atoms with Crippen LogP contribution in [0.4, 0.5) is 0 Å². The summed E-state index contributed by atoms with van der Waals surface area (Å²) in [6.45, 7) is 4.59. The monoisotopic (exact) mass is 214 g/mol. The van der Waals surface area contributed by atoms with E-state index in [1.807, 2.05) is 13.8 Å². The standard InChI is InChI=1S/C10H17NO4/c1-5(2)7-4-11-9(10(14)15)6(7)3-8(12)13/h5-7,9,11H,3-4H2,1-2H3,(H,12,13)(H,14,15)/p-1/t6-,7+,9-/m0/s1. The molecule has 0 aliphatic carbocycles. The van der Waals surface area contributed by atoms with Gasteiger partial charge in [-0.1, -0.05) is 13.8 Å². The number of hydrogen-bond acceptors (Lipinski definition) is 4. The zero-order chi connectivity index (χ0) is 11.6. The van der Waals surface area contributed by atoms with E-state index in [1.165, 1.54) is 0 Å². The van der Waals surface area contributed by atoms with Crippen LogP contribution in [0.1, 0.15) is 20.3 Å². The second-order valence-electron chi connectivity index (χ2n) is 4.46. The Morgan fingerprint density at radius 3 is 2.40 bits per heavy atom. The van der Waals surface area contributed by atoms with E-state index in [4.69, 9.17) is 0 Å². The average Bonchev–Trinajstić information content (AvgIpc) is 2.46. The molecule has 1 saturated heterocycles. The van der Waals surface area contributed by atoms with Gasteiger partial charge in [0, 0.05) is 17.8 Å². The molecule has 0 unspecified atom stereocenters. The number of carboxylic acids is 2. The lowest BCUT2D eigenvalue weighted by Gasteiger charge is -2.23. The van der Waals surface area contributed by atoms with E-state index in [9.17, 15) is 19.8 Å². The minimum absolute atomic E-state index is 0.103. The maximum atomic E-state index is 10.8. The summed E-state index contributed by atoms with van der Waals surface area (Å²) in [5, 5.41) is 23.0. The number of rotatable bonds is 4. The summed E-state index contributed by atoms with van der Waals surface area (Å²) in [7, 11) is 0. The van der Waals surface area contributed by atoms with E-state index in [1.54, 1.807) is 5.32 Å². The smallest absolute Gasteiger partial charge is 0.130 e. The molecule has 3 atom stereocenters. The highest BCUT2D eigenvalue weighted by atomic mass is 16.4. The third-order valence-electron chi connectivity index (χ3n) is 3.20. The van der Waals surface area contributed by atoms with Gasteiger partial charge in [0.25, 0.3) is 0 Å². The zero-order valence-electron chi connectivity index (χ0n) is 8.93. The summed E-state index contributed by atoms with van der Waals surface area (Å²) in [6, 6.07) is -0.740. The predicted molar refractivity (Wildman–Crippen MR) is 47.0 cm³/mol. The van der Waals surface area contributed by atoms with Crippen LogP contribution in [-0.4, -0.2) is 24.5 Å². The number of carbonyl (C=O) groups is 2. The summed E-state index contributed by atoms with van der Waals surface area (Å²) in [5.74, 6) is -2.36. The SMILES string of the molecule is CC(C)[C@H]1C[NH2+][C@H](C(=O)[O-])[C@H]1CC(=O)[O-]. The molecule has 86 valence electrons. The quantitative estimate of drug-likeness (QED) is 0.530. The van der Waals surface area contributed by atoms with Crippen molar-refractivity contribution in [2.75, 3.05) is 6.54 Å². The van der Waals surface area contributed by atoms with Crippen LogP contribution in [0.5, 0.6) is 0 Å². The molecule has 5 heteroatoms. The van der Waals surface area contributed by atoms with Gasteiger partial charge < -0.3 is 25.1 Å². The molecule has 5 nitrogen and oxygen atoms in total. The lowest BCUT2D eigenvalue weighted by atomic mass is 9.81. The maximum absolute atomic E-state index is 10.8. The molecule has 0 radical (unpaired) electrons. The van der Waals surface area contributed by atoms with Crippen molar-refractivity contribution in [2.45, 2.75) is 26.3 Å². The average molecular weight is 214 g/mol. The molecule has 0 spiro atoms. The summed E-state index contributed by atoms with van der Waals surface area (Å²) in [6.07, 6.45) is -0.196. The molecular weight excluding hydrogens is 198 g/mol. The van der Waals surface area contributed by atoms with Gasteiger partial charge in [0.15, 0.2) is 0 Å². The van der Waals surface area contributed by atoms with Gasteiger partial charge in [-0.3, -0.25) is 0 Å². The lowest BCUT2D eigenvalue weighted by Crippen LogP contribution is -2.90. The van der Waals surface area contributed by atoms with Crippen molar-refractivity contribution in [3.05, 3.63) is 0 Å². The number of carboxylic acid groups (broad SMARTS) is 2. The minimum atomic E-state index is -1.19. The Hall–Kier alpha value is -1.10. The van der Waals surface area contributed by atoms with Crippen LogP contribution < -0.4 is 15.5 Å². The Bertz CT molecular complexity index is 264. The molecule has 1 heterocycles. The first-order chi connectivity index (χ1) is 6.93. The minimum Gasteiger partial charge on any atom is -0.550 e. The van der Waals surface area contributed by atoms with Crippen LogP contribution in [0.3, 0.4) is 0 Å². The topological polar surface area (TPSA) is 96.9 Å². The molecular formula is C10H16NO4-. The molecule has 1 fully saturated rings. The molecule has 0 amide bonds. The number of hydrogen-bond donors (Lipinski definition) is 1. The predicted octanol–water partition coefficient (Wildman–Crippen LogP) is -3.29. The van der Waals surface area contributed by atoms with Gasteiger partial charge in [-0.25, -0.2) is 0 Å². The van der Waals surface area contributed by atoms with Crippen LogP contribution in [-0.2, 0) is 9.59 Å². The van der Waals surface area contributed by atoms with E-state index in [0.29, 0.717) is 6.54 Å². The third kappa shape index (κ3) is 2.68. The molecule has 0 bridgehead atoms. The first-order valence-electron chi connectivity index (χ1n) is 5.17. The fourth-order valence-electron chi connectivity index (χ4n) is 2.43. The molecule has 1 rings (SSSR count). The van der Waals surface area contributed by atoms with Crippen molar-refractivity contribution in [1.82, 2.24) is 0 Å². The van der Waals surface area contributed by atoms with Gasteiger partial charge in [0.1, 0.15) is 6.04 Å². The maximum Gasteiger partial charge on any atom is 0.130 e. The van der Waals surface area contributed by atoms with Crippen molar-refractivity contribution in [1.29, 1.82) is 0 Å². The Kier molecular flexibility index (Phi) is 3.68. The van der Waals surface area contributed by atoms with Gasteiger partial charge in [-0.15, -0.1) is 0 Å². The first kappa shape index (κ1) is 12.0. The largest absolute Gasteiger partial charge is 0.550 e. The van der Waals surface area contributed by atoms with E-state index in [-0.39, 0.29) is 24.2 Å². The highest BCUT2D eigenvalue weighted by Crippen LogP contribution is 2.27. The van der Waals surface area contributed by atoms with Gasteiger partial charge in [0.05, 0.1) is 12.5 Å². The molecule has 0 aromatic rings. The lowest BCUT2D eigenvalue weighted by molar-refractivity contribution is -0.669. The Morgan fingerprint density at radius 2 is 2.00 bits per heavy atom. The summed E-state index contributed by atoms with van der Waals surface area (Å²) >= 11 is 0.